The topological polar surface area (TPSA) is 85.3 Å². The van der Waals surface area contributed by atoms with Gasteiger partial charge in [0.15, 0.2) is 11.5 Å². The van der Waals surface area contributed by atoms with Crippen LogP contribution in [0.4, 0.5) is 5.69 Å². The lowest BCUT2D eigenvalue weighted by molar-refractivity contribution is -0.132. The zero-order chi connectivity index (χ0) is 25.1. The third-order valence-electron chi connectivity index (χ3n) is 5.90. The van der Waals surface area contributed by atoms with Gasteiger partial charge in [0.2, 0.25) is 0 Å². The second-order valence-electron chi connectivity index (χ2n) is 8.08. The van der Waals surface area contributed by atoms with Crippen molar-refractivity contribution in [1.82, 2.24) is 0 Å². The molecule has 3 aromatic rings. The van der Waals surface area contributed by atoms with Crippen LogP contribution in [-0.4, -0.2) is 37.6 Å². The SMILES string of the molecule is CCOc1cccc(C2/C(=C(\O)c3ccc(OC)c(OC)c3)C(=O)C(=O)N2c2ccc(C)cc2)c1. The summed E-state index contributed by atoms with van der Waals surface area (Å²) in [6.45, 7) is 4.29. The molecule has 35 heavy (non-hydrogen) atoms. The molecule has 1 unspecified atom stereocenters. The van der Waals surface area contributed by atoms with Gasteiger partial charge in [0.05, 0.1) is 32.4 Å². The Labute approximate surface area is 204 Å². The molecule has 7 nitrogen and oxygen atoms in total. The summed E-state index contributed by atoms with van der Waals surface area (Å²) in [5.74, 6) is -0.326. The first kappa shape index (κ1) is 23.9. The molecule has 0 aromatic heterocycles. The molecule has 180 valence electrons. The average molecular weight is 474 g/mol. The van der Waals surface area contributed by atoms with Crippen LogP contribution in [0.3, 0.4) is 0 Å². The number of hydrogen-bond acceptors (Lipinski definition) is 6. The van der Waals surface area contributed by atoms with Crippen LogP contribution in [0.5, 0.6) is 17.2 Å². The largest absolute Gasteiger partial charge is 0.507 e. The summed E-state index contributed by atoms with van der Waals surface area (Å²) in [5, 5.41) is 11.4. The molecule has 4 rings (SSSR count). The Morgan fingerprint density at radius 1 is 0.943 bits per heavy atom. The van der Waals surface area contributed by atoms with Gasteiger partial charge in [-0.2, -0.15) is 0 Å². The van der Waals surface area contributed by atoms with Crippen LogP contribution in [-0.2, 0) is 9.59 Å². The van der Waals surface area contributed by atoms with Crippen molar-refractivity contribution in [2.24, 2.45) is 0 Å². The fourth-order valence-corrected chi connectivity index (χ4v) is 4.20. The van der Waals surface area contributed by atoms with Gasteiger partial charge >= 0.3 is 0 Å². The average Bonchev–Trinajstić information content (AvgIpc) is 3.14. The van der Waals surface area contributed by atoms with Crippen LogP contribution >= 0.6 is 0 Å². The maximum Gasteiger partial charge on any atom is 0.300 e. The molecule has 1 atom stereocenters. The molecular weight excluding hydrogens is 446 g/mol. The molecule has 0 bridgehead atoms. The van der Waals surface area contributed by atoms with E-state index in [1.807, 2.05) is 32.0 Å². The number of aliphatic hydroxyl groups excluding tert-OH is 1. The zero-order valence-electron chi connectivity index (χ0n) is 20.1. The van der Waals surface area contributed by atoms with E-state index < -0.39 is 17.7 Å². The number of hydrogen-bond donors (Lipinski definition) is 1. The summed E-state index contributed by atoms with van der Waals surface area (Å²) in [4.78, 5) is 28.1. The number of ether oxygens (including phenoxy) is 3. The number of carbonyl (C=O) groups excluding carboxylic acids is 2. The predicted octanol–water partition coefficient (Wildman–Crippen LogP) is 5.04. The Balaban J connectivity index is 1.93. The molecule has 1 aliphatic heterocycles. The second kappa shape index (κ2) is 9.93. The van der Waals surface area contributed by atoms with Crippen molar-refractivity contribution in [3.63, 3.8) is 0 Å². The third kappa shape index (κ3) is 4.45. The molecule has 1 fully saturated rings. The fraction of sp³-hybridized carbons (Fsp3) is 0.214. The number of aryl methyl sites for hydroxylation is 1. The van der Waals surface area contributed by atoms with Crippen molar-refractivity contribution in [3.05, 3.63) is 89.0 Å². The molecule has 3 aromatic carbocycles. The summed E-state index contributed by atoms with van der Waals surface area (Å²) in [5.41, 5.74) is 2.52. The number of amides is 1. The Morgan fingerprint density at radius 3 is 2.31 bits per heavy atom. The van der Waals surface area contributed by atoms with E-state index in [9.17, 15) is 14.7 Å². The molecular formula is C28H27NO6. The quantitative estimate of drug-likeness (QED) is 0.294. The van der Waals surface area contributed by atoms with Crippen LogP contribution in [0, 0.1) is 6.92 Å². The molecule has 0 spiro atoms. The monoisotopic (exact) mass is 473 g/mol. The Morgan fingerprint density at radius 2 is 1.66 bits per heavy atom. The molecule has 7 heteroatoms. The lowest BCUT2D eigenvalue weighted by atomic mass is 9.94. The smallest absolute Gasteiger partial charge is 0.300 e. The Bertz CT molecular complexity index is 1300. The van der Waals surface area contributed by atoms with Gasteiger partial charge in [0.1, 0.15) is 11.5 Å². The number of rotatable bonds is 7. The first-order valence-corrected chi connectivity index (χ1v) is 11.2. The molecule has 1 aliphatic rings. The highest BCUT2D eigenvalue weighted by molar-refractivity contribution is 6.51. The van der Waals surface area contributed by atoms with Crippen LogP contribution < -0.4 is 19.1 Å². The number of carbonyl (C=O) groups is 2. The van der Waals surface area contributed by atoms with Crippen molar-refractivity contribution >= 4 is 23.1 Å². The normalized spacial score (nSPS) is 16.9. The molecule has 1 N–H and O–H groups in total. The highest BCUT2D eigenvalue weighted by atomic mass is 16.5. The van der Waals surface area contributed by atoms with E-state index >= 15 is 0 Å². The summed E-state index contributed by atoms with van der Waals surface area (Å²) in [7, 11) is 2.99. The minimum absolute atomic E-state index is 0.0172. The van der Waals surface area contributed by atoms with Gasteiger partial charge in [-0.15, -0.1) is 0 Å². The summed E-state index contributed by atoms with van der Waals surface area (Å²) in [6.07, 6.45) is 0. The first-order valence-electron chi connectivity index (χ1n) is 11.2. The van der Waals surface area contributed by atoms with Gasteiger partial charge in [0, 0.05) is 11.3 Å². The Hall–Kier alpha value is -4.26. The van der Waals surface area contributed by atoms with Crippen LogP contribution in [0.2, 0.25) is 0 Å². The highest BCUT2D eigenvalue weighted by Gasteiger charge is 2.47. The third-order valence-corrected chi connectivity index (χ3v) is 5.90. The van der Waals surface area contributed by atoms with Gasteiger partial charge in [0.25, 0.3) is 11.7 Å². The Kier molecular flexibility index (Phi) is 6.78. The van der Waals surface area contributed by atoms with Crippen molar-refractivity contribution in [2.45, 2.75) is 19.9 Å². The predicted molar refractivity (Wildman–Crippen MR) is 133 cm³/mol. The summed E-state index contributed by atoms with van der Waals surface area (Å²) in [6, 6.07) is 18.5. The van der Waals surface area contributed by atoms with E-state index in [1.54, 1.807) is 48.5 Å². The minimum atomic E-state index is -0.855. The lowest BCUT2D eigenvalue weighted by Gasteiger charge is -2.26. The standard InChI is InChI=1S/C28H27NO6/c1-5-35-21-8-6-7-18(15-21)25-24(26(30)19-11-14-22(33-3)23(16-19)34-4)27(31)28(32)29(25)20-12-9-17(2)10-13-20/h6-16,25,30H,5H2,1-4H3/b26-24+. The number of benzene rings is 3. The van der Waals surface area contributed by atoms with Crippen molar-refractivity contribution in [1.29, 1.82) is 0 Å². The minimum Gasteiger partial charge on any atom is -0.507 e. The zero-order valence-corrected chi connectivity index (χ0v) is 20.1. The van der Waals surface area contributed by atoms with Crippen molar-refractivity contribution in [2.75, 3.05) is 25.7 Å². The molecule has 1 amide bonds. The fourth-order valence-electron chi connectivity index (χ4n) is 4.20. The first-order chi connectivity index (χ1) is 16.9. The molecule has 0 radical (unpaired) electrons. The second-order valence-corrected chi connectivity index (χ2v) is 8.08. The van der Waals surface area contributed by atoms with Gasteiger partial charge in [-0.3, -0.25) is 14.5 Å². The van der Waals surface area contributed by atoms with Gasteiger partial charge in [-0.05, 0) is 61.9 Å². The molecule has 1 heterocycles. The summed E-state index contributed by atoms with van der Waals surface area (Å²) < 4.78 is 16.3. The number of Topliss-reactive ketones (excluding diaryl/α,β-unsaturated/α-hetero) is 1. The maximum absolute atomic E-state index is 13.3. The van der Waals surface area contributed by atoms with Gasteiger partial charge < -0.3 is 19.3 Å². The van der Waals surface area contributed by atoms with Gasteiger partial charge in [-0.1, -0.05) is 29.8 Å². The van der Waals surface area contributed by atoms with Crippen LogP contribution in [0.25, 0.3) is 5.76 Å². The number of methoxy groups -OCH3 is 2. The van der Waals surface area contributed by atoms with E-state index in [2.05, 4.69) is 0 Å². The van der Waals surface area contributed by atoms with Crippen molar-refractivity contribution in [3.8, 4) is 17.2 Å². The van der Waals surface area contributed by atoms with Crippen molar-refractivity contribution < 1.29 is 28.9 Å². The van der Waals surface area contributed by atoms with E-state index in [0.29, 0.717) is 40.7 Å². The van der Waals surface area contributed by atoms with Crippen LogP contribution in [0.1, 0.15) is 29.7 Å². The molecule has 1 saturated heterocycles. The van der Waals surface area contributed by atoms with E-state index in [4.69, 9.17) is 14.2 Å². The number of anilines is 1. The molecule has 0 aliphatic carbocycles. The van der Waals surface area contributed by atoms with E-state index in [-0.39, 0.29) is 11.3 Å². The summed E-state index contributed by atoms with van der Waals surface area (Å²) >= 11 is 0. The van der Waals surface area contributed by atoms with E-state index in [1.165, 1.54) is 19.1 Å². The number of nitrogens with zero attached hydrogens (tertiary/aromatic N) is 1. The van der Waals surface area contributed by atoms with Crippen LogP contribution in [0.15, 0.2) is 72.3 Å². The maximum atomic E-state index is 13.3. The molecule has 0 saturated carbocycles. The van der Waals surface area contributed by atoms with E-state index in [0.717, 1.165) is 5.56 Å². The lowest BCUT2D eigenvalue weighted by Crippen LogP contribution is -2.29. The number of aliphatic hydroxyl groups is 1. The highest BCUT2D eigenvalue weighted by Crippen LogP contribution is 2.43. The van der Waals surface area contributed by atoms with Gasteiger partial charge in [-0.25, -0.2) is 0 Å². The number of ketones is 1.